The van der Waals surface area contributed by atoms with Crippen molar-refractivity contribution in [3.05, 3.63) is 23.8 Å². The minimum Gasteiger partial charge on any atom is -0.462 e. The minimum absolute atomic E-state index is 0.0455. The Bertz CT molecular complexity index is 796. The lowest BCUT2D eigenvalue weighted by Gasteiger charge is -2.49. The van der Waals surface area contributed by atoms with Gasteiger partial charge in [-0.1, -0.05) is 39.0 Å². The predicted octanol–water partition coefficient (Wildman–Crippen LogP) is 4.15. The first kappa shape index (κ1) is 24.7. The molecule has 0 radical (unpaired) electrons. The number of ether oxygens (including phenoxy) is 2. The zero-order valence-electron chi connectivity index (χ0n) is 20.0. The summed E-state index contributed by atoms with van der Waals surface area (Å²) in [5.41, 5.74) is -0.834. The molecule has 0 saturated carbocycles. The van der Waals surface area contributed by atoms with Crippen molar-refractivity contribution >= 4 is 18.2 Å². The lowest BCUT2D eigenvalue weighted by Crippen LogP contribution is -2.54. The van der Waals surface area contributed by atoms with E-state index in [1.165, 1.54) is 0 Å². The molecule has 1 heterocycles. The van der Waals surface area contributed by atoms with Crippen molar-refractivity contribution in [1.29, 1.82) is 0 Å². The number of esters is 2. The summed E-state index contributed by atoms with van der Waals surface area (Å²) in [7, 11) is 0. The van der Waals surface area contributed by atoms with Crippen LogP contribution in [0.3, 0.4) is 0 Å². The van der Waals surface area contributed by atoms with Gasteiger partial charge in [0.25, 0.3) is 0 Å². The summed E-state index contributed by atoms with van der Waals surface area (Å²) in [6.07, 6.45) is 9.15. The molecule has 0 spiro atoms. The van der Waals surface area contributed by atoms with Crippen LogP contribution < -0.4 is 0 Å². The van der Waals surface area contributed by atoms with Crippen molar-refractivity contribution in [2.45, 2.75) is 91.0 Å². The topological polar surface area (TPSA) is 89.9 Å². The van der Waals surface area contributed by atoms with E-state index in [4.69, 9.17) is 9.47 Å². The standard InChI is InChI=1S/C26H38O6/c1-6-25(4,5)24(30)32-26(15-27)14-16(2)11-18-8-7-17(3)21(23(18)26)10-9-20-12-19(28)13-22(29)31-20/h7-8,11,15-17,19-21,23,28H,6,9-10,12-14H2,1-5H3/t16-,17?,19+,20?,21-,23-,26+/m0/s1. The Balaban J connectivity index is 1.89. The quantitative estimate of drug-likeness (QED) is 0.467. The average Bonchev–Trinajstić information content (AvgIpc) is 2.72. The maximum atomic E-state index is 13.1. The molecular formula is C26H38O6. The van der Waals surface area contributed by atoms with Gasteiger partial charge in [0.15, 0.2) is 11.9 Å². The van der Waals surface area contributed by atoms with E-state index in [1.54, 1.807) is 0 Å². The molecule has 1 fully saturated rings. The van der Waals surface area contributed by atoms with Crippen LogP contribution in [0.15, 0.2) is 23.8 Å². The molecule has 0 amide bonds. The highest BCUT2D eigenvalue weighted by molar-refractivity contribution is 5.80. The number of cyclic esters (lactones) is 1. The predicted molar refractivity (Wildman–Crippen MR) is 120 cm³/mol. The van der Waals surface area contributed by atoms with Crippen LogP contribution in [0.2, 0.25) is 0 Å². The van der Waals surface area contributed by atoms with E-state index in [1.807, 2.05) is 27.7 Å². The number of carbonyl (C=O) groups excluding carboxylic acids is 3. The smallest absolute Gasteiger partial charge is 0.312 e. The third-order valence-corrected chi connectivity index (χ3v) is 7.68. The van der Waals surface area contributed by atoms with Gasteiger partial charge in [-0.25, -0.2) is 0 Å². The fourth-order valence-corrected chi connectivity index (χ4v) is 5.43. The Hall–Kier alpha value is -1.95. The van der Waals surface area contributed by atoms with Gasteiger partial charge in [0.1, 0.15) is 6.10 Å². The average molecular weight is 447 g/mol. The highest BCUT2D eigenvalue weighted by Crippen LogP contribution is 2.50. The van der Waals surface area contributed by atoms with Crippen LogP contribution >= 0.6 is 0 Å². The molecule has 6 heteroatoms. The lowest BCUT2D eigenvalue weighted by molar-refractivity contribution is -0.182. The van der Waals surface area contributed by atoms with Crippen LogP contribution in [0.5, 0.6) is 0 Å². The first-order valence-electron chi connectivity index (χ1n) is 12.0. The van der Waals surface area contributed by atoms with Gasteiger partial charge in [0.2, 0.25) is 0 Å². The second-order valence-corrected chi connectivity index (χ2v) is 10.7. The number of rotatable bonds is 7. The van der Waals surface area contributed by atoms with Gasteiger partial charge >= 0.3 is 11.9 Å². The Morgan fingerprint density at radius 1 is 1.34 bits per heavy atom. The molecule has 2 unspecified atom stereocenters. The van der Waals surface area contributed by atoms with Crippen LogP contribution in [0.1, 0.15) is 73.1 Å². The van der Waals surface area contributed by atoms with Crippen LogP contribution in [-0.2, 0) is 23.9 Å². The van der Waals surface area contributed by atoms with E-state index >= 15 is 0 Å². The minimum atomic E-state index is -1.21. The Kier molecular flexibility index (Phi) is 7.33. The zero-order valence-corrected chi connectivity index (χ0v) is 20.0. The van der Waals surface area contributed by atoms with Gasteiger partial charge in [-0.05, 0) is 56.4 Å². The Labute approximate surface area is 191 Å². The zero-order chi connectivity index (χ0) is 23.7. The van der Waals surface area contributed by atoms with Gasteiger partial charge in [0.05, 0.1) is 17.9 Å². The number of aliphatic hydroxyl groups excluding tert-OH is 1. The van der Waals surface area contributed by atoms with E-state index < -0.39 is 17.1 Å². The number of hydrogen-bond acceptors (Lipinski definition) is 6. The van der Waals surface area contributed by atoms with Crippen molar-refractivity contribution in [3.63, 3.8) is 0 Å². The monoisotopic (exact) mass is 446 g/mol. The van der Waals surface area contributed by atoms with E-state index in [0.717, 1.165) is 11.9 Å². The fraction of sp³-hybridized carbons (Fsp3) is 0.731. The van der Waals surface area contributed by atoms with Crippen LogP contribution in [0.25, 0.3) is 0 Å². The summed E-state index contributed by atoms with van der Waals surface area (Å²) in [6.45, 7) is 9.80. The molecule has 0 bridgehead atoms. The summed E-state index contributed by atoms with van der Waals surface area (Å²) >= 11 is 0. The Morgan fingerprint density at radius 2 is 2.06 bits per heavy atom. The lowest BCUT2D eigenvalue weighted by atomic mass is 9.60. The molecule has 0 aromatic rings. The number of fused-ring (bicyclic) bond motifs is 1. The molecule has 32 heavy (non-hydrogen) atoms. The Morgan fingerprint density at radius 3 is 2.69 bits per heavy atom. The number of aldehydes is 1. The van der Waals surface area contributed by atoms with E-state index in [9.17, 15) is 19.5 Å². The van der Waals surface area contributed by atoms with Gasteiger partial charge in [-0.3, -0.25) is 14.4 Å². The highest BCUT2D eigenvalue weighted by Gasteiger charge is 2.53. The van der Waals surface area contributed by atoms with Crippen LogP contribution in [0, 0.1) is 29.1 Å². The normalized spacial score (nSPS) is 37.2. The van der Waals surface area contributed by atoms with Crippen molar-refractivity contribution in [3.8, 4) is 0 Å². The molecular weight excluding hydrogens is 408 g/mol. The summed E-state index contributed by atoms with van der Waals surface area (Å²) < 4.78 is 11.6. The first-order chi connectivity index (χ1) is 15.0. The maximum absolute atomic E-state index is 13.1. The van der Waals surface area contributed by atoms with Gasteiger partial charge < -0.3 is 14.6 Å². The molecule has 2 aliphatic carbocycles. The molecule has 6 nitrogen and oxygen atoms in total. The molecule has 1 aliphatic heterocycles. The molecule has 7 atom stereocenters. The third-order valence-electron chi connectivity index (χ3n) is 7.68. The highest BCUT2D eigenvalue weighted by atomic mass is 16.6. The molecule has 0 aromatic carbocycles. The summed E-state index contributed by atoms with van der Waals surface area (Å²) in [5.74, 6) is -0.610. The second kappa shape index (κ2) is 9.50. The molecule has 178 valence electrons. The molecule has 3 rings (SSSR count). The van der Waals surface area contributed by atoms with E-state index in [2.05, 4.69) is 25.2 Å². The maximum Gasteiger partial charge on any atom is 0.312 e. The summed E-state index contributed by atoms with van der Waals surface area (Å²) in [5, 5.41) is 9.95. The number of allylic oxidation sites excluding steroid dienone is 3. The molecule has 0 aromatic heterocycles. The number of carbonyl (C=O) groups is 3. The first-order valence-corrected chi connectivity index (χ1v) is 12.0. The SMILES string of the molecule is CCC(C)(C)C(=O)O[C@@]1(C=O)C[C@@H](C)C=C2C=CC(C)[C@H](CCC3C[C@@H](O)CC(=O)O3)[C@H]21. The molecule has 3 aliphatic rings. The largest absolute Gasteiger partial charge is 0.462 e. The van der Waals surface area contributed by atoms with Gasteiger partial charge in [-0.15, -0.1) is 0 Å². The van der Waals surface area contributed by atoms with Crippen molar-refractivity contribution < 1.29 is 29.0 Å². The third kappa shape index (κ3) is 5.00. The summed E-state index contributed by atoms with van der Waals surface area (Å²) in [6, 6.07) is 0. The molecule has 1 N–H and O–H groups in total. The van der Waals surface area contributed by atoms with E-state index in [-0.39, 0.29) is 48.1 Å². The van der Waals surface area contributed by atoms with Gasteiger partial charge in [-0.2, -0.15) is 0 Å². The fourth-order valence-electron chi connectivity index (χ4n) is 5.43. The molecule has 1 saturated heterocycles. The van der Waals surface area contributed by atoms with Crippen molar-refractivity contribution in [2.75, 3.05) is 0 Å². The number of aliphatic hydroxyl groups is 1. The second-order valence-electron chi connectivity index (χ2n) is 10.7. The number of hydrogen-bond donors (Lipinski definition) is 1. The summed E-state index contributed by atoms with van der Waals surface area (Å²) in [4.78, 5) is 37.5. The van der Waals surface area contributed by atoms with Crippen molar-refractivity contribution in [2.24, 2.45) is 29.1 Å². The van der Waals surface area contributed by atoms with Crippen molar-refractivity contribution in [1.82, 2.24) is 0 Å². The van der Waals surface area contributed by atoms with Gasteiger partial charge in [0, 0.05) is 18.8 Å². The van der Waals surface area contributed by atoms with E-state index in [0.29, 0.717) is 32.1 Å². The van der Waals surface area contributed by atoms with Crippen LogP contribution in [0.4, 0.5) is 0 Å². The van der Waals surface area contributed by atoms with Crippen LogP contribution in [-0.4, -0.2) is 41.1 Å².